The second-order valence-corrected chi connectivity index (χ2v) is 6.22. The van der Waals surface area contributed by atoms with Gasteiger partial charge >= 0.3 is 0 Å². The molecule has 1 aliphatic heterocycles. The maximum Gasteiger partial charge on any atom is 0.248 e. The van der Waals surface area contributed by atoms with Crippen molar-refractivity contribution in [2.45, 2.75) is 45.8 Å². The molecule has 1 aliphatic rings. The second-order valence-electron chi connectivity index (χ2n) is 6.22. The van der Waals surface area contributed by atoms with E-state index in [1.165, 1.54) is 0 Å². The highest BCUT2D eigenvalue weighted by atomic mass is 16.2. The third kappa shape index (κ3) is 2.69. The number of carbonyl (C=O) groups is 2. The van der Waals surface area contributed by atoms with Gasteiger partial charge in [-0.25, -0.2) is 0 Å². The summed E-state index contributed by atoms with van der Waals surface area (Å²) in [6.07, 6.45) is 0. The van der Waals surface area contributed by atoms with Crippen molar-refractivity contribution in [2.24, 2.45) is 5.92 Å². The molecule has 4 heteroatoms. The number of hydrogen-bond acceptors (Lipinski definition) is 2. The standard InChI is InChI=1S/C16H22N2O2/c1-11(2)13-14(19)17-16(3,4)15(20)18(13)10-12-8-6-5-7-9-12/h5-9,11,13H,10H2,1-4H3,(H,17,19). The Bertz CT molecular complexity index is 508. The Morgan fingerprint density at radius 2 is 1.80 bits per heavy atom. The summed E-state index contributed by atoms with van der Waals surface area (Å²) in [5, 5.41) is 2.82. The minimum atomic E-state index is -0.836. The van der Waals surface area contributed by atoms with Gasteiger partial charge in [0.1, 0.15) is 11.6 Å². The van der Waals surface area contributed by atoms with Gasteiger partial charge in [0.2, 0.25) is 11.8 Å². The van der Waals surface area contributed by atoms with Gasteiger partial charge in [-0.05, 0) is 25.3 Å². The summed E-state index contributed by atoms with van der Waals surface area (Å²) in [7, 11) is 0. The first-order chi connectivity index (χ1) is 9.33. The molecule has 4 nitrogen and oxygen atoms in total. The molecule has 1 N–H and O–H groups in total. The fourth-order valence-corrected chi connectivity index (χ4v) is 2.68. The van der Waals surface area contributed by atoms with Gasteiger partial charge in [-0.15, -0.1) is 0 Å². The Morgan fingerprint density at radius 3 is 2.35 bits per heavy atom. The van der Waals surface area contributed by atoms with Crippen molar-refractivity contribution in [3.63, 3.8) is 0 Å². The van der Waals surface area contributed by atoms with Crippen molar-refractivity contribution in [2.75, 3.05) is 0 Å². The summed E-state index contributed by atoms with van der Waals surface area (Å²) < 4.78 is 0. The lowest BCUT2D eigenvalue weighted by Gasteiger charge is -2.44. The monoisotopic (exact) mass is 274 g/mol. The third-order valence-corrected chi connectivity index (χ3v) is 3.66. The summed E-state index contributed by atoms with van der Waals surface area (Å²) in [5.41, 5.74) is 0.203. The third-order valence-electron chi connectivity index (χ3n) is 3.66. The molecule has 1 fully saturated rings. The normalized spacial score (nSPS) is 22.1. The smallest absolute Gasteiger partial charge is 0.248 e. The van der Waals surface area contributed by atoms with E-state index in [9.17, 15) is 9.59 Å². The van der Waals surface area contributed by atoms with Crippen LogP contribution in [0.3, 0.4) is 0 Å². The highest BCUT2D eigenvalue weighted by Gasteiger charge is 2.46. The van der Waals surface area contributed by atoms with Crippen molar-refractivity contribution >= 4 is 11.8 Å². The number of carbonyl (C=O) groups excluding carboxylic acids is 2. The summed E-state index contributed by atoms with van der Waals surface area (Å²) in [5.74, 6) is -0.0149. The van der Waals surface area contributed by atoms with Gasteiger partial charge in [0.15, 0.2) is 0 Å². The lowest BCUT2D eigenvalue weighted by Crippen LogP contribution is -2.68. The molecule has 0 bridgehead atoms. The van der Waals surface area contributed by atoms with E-state index in [1.54, 1.807) is 18.7 Å². The molecule has 0 radical (unpaired) electrons. The predicted molar refractivity (Wildman–Crippen MR) is 77.8 cm³/mol. The Morgan fingerprint density at radius 1 is 1.20 bits per heavy atom. The highest BCUT2D eigenvalue weighted by molar-refractivity contribution is 5.99. The summed E-state index contributed by atoms with van der Waals surface area (Å²) in [6.45, 7) is 7.91. The van der Waals surface area contributed by atoms with E-state index in [2.05, 4.69) is 5.32 Å². The van der Waals surface area contributed by atoms with Crippen LogP contribution in [0.1, 0.15) is 33.3 Å². The minimum absolute atomic E-state index is 0.0281. The molecule has 1 atom stereocenters. The Hall–Kier alpha value is -1.84. The van der Waals surface area contributed by atoms with Crippen LogP contribution in [0.4, 0.5) is 0 Å². The molecule has 2 rings (SSSR count). The van der Waals surface area contributed by atoms with Gasteiger partial charge in [0, 0.05) is 6.54 Å². The number of nitrogens with one attached hydrogen (secondary N) is 1. The quantitative estimate of drug-likeness (QED) is 0.916. The number of amides is 2. The van der Waals surface area contributed by atoms with Gasteiger partial charge < -0.3 is 10.2 Å². The zero-order chi connectivity index (χ0) is 14.9. The first-order valence-electron chi connectivity index (χ1n) is 7.00. The van der Waals surface area contributed by atoms with Crippen molar-refractivity contribution < 1.29 is 9.59 Å². The van der Waals surface area contributed by atoms with Gasteiger partial charge in [-0.3, -0.25) is 9.59 Å². The molecule has 0 aromatic heterocycles. The van der Waals surface area contributed by atoms with Gasteiger partial charge in [-0.2, -0.15) is 0 Å². The SMILES string of the molecule is CC(C)C1C(=O)NC(C)(C)C(=O)N1Cc1ccccc1. The largest absolute Gasteiger partial charge is 0.340 e. The average Bonchev–Trinajstić information content (AvgIpc) is 2.36. The first-order valence-corrected chi connectivity index (χ1v) is 7.00. The summed E-state index contributed by atoms with van der Waals surface area (Å²) in [6, 6.07) is 9.38. The van der Waals surface area contributed by atoms with E-state index >= 15 is 0 Å². The molecular weight excluding hydrogens is 252 g/mol. The van der Waals surface area contributed by atoms with Crippen molar-refractivity contribution in [3.05, 3.63) is 35.9 Å². The summed E-state index contributed by atoms with van der Waals surface area (Å²) >= 11 is 0. The fraction of sp³-hybridized carbons (Fsp3) is 0.500. The minimum Gasteiger partial charge on any atom is -0.340 e. The van der Waals surface area contributed by atoms with Crippen molar-refractivity contribution in [1.82, 2.24) is 10.2 Å². The second kappa shape index (κ2) is 5.27. The van der Waals surface area contributed by atoms with Crippen LogP contribution in [-0.4, -0.2) is 28.3 Å². The lowest BCUT2D eigenvalue weighted by atomic mass is 9.91. The molecule has 1 saturated heterocycles. The van der Waals surface area contributed by atoms with Gasteiger partial charge in [0.05, 0.1) is 0 Å². The average molecular weight is 274 g/mol. The van der Waals surface area contributed by atoms with Crippen LogP contribution in [0, 0.1) is 5.92 Å². The molecule has 0 spiro atoms. The van der Waals surface area contributed by atoms with Crippen LogP contribution in [-0.2, 0) is 16.1 Å². The molecule has 1 aromatic rings. The van der Waals surface area contributed by atoms with E-state index in [4.69, 9.17) is 0 Å². The molecule has 1 heterocycles. The highest BCUT2D eigenvalue weighted by Crippen LogP contribution is 2.24. The van der Waals surface area contributed by atoms with Crippen molar-refractivity contribution in [1.29, 1.82) is 0 Å². The molecule has 108 valence electrons. The predicted octanol–water partition coefficient (Wildman–Crippen LogP) is 1.95. The van der Waals surface area contributed by atoms with Crippen LogP contribution in [0.5, 0.6) is 0 Å². The topological polar surface area (TPSA) is 49.4 Å². The number of rotatable bonds is 3. The lowest BCUT2D eigenvalue weighted by molar-refractivity contribution is -0.156. The van der Waals surface area contributed by atoms with Crippen LogP contribution >= 0.6 is 0 Å². The Kier molecular flexibility index (Phi) is 3.84. The van der Waals surface area contributed by atoms with E-state index in [1.807, 2.05) is 44.2 Å². The fourth-order valence-electron chi connectivity index (χ4n) is 2.68. The van der Waals surface area contributed by atoms with Crippen LogP contribution in [0.25, 0.3) is 0 Å². The number of piperazine rings is 1. The summed E-state index contributed by atoms with van der Waals surface area (Å²) in [4.78, 5) is 26.6. The number of nitrogens with zero attached hydrogens (tertiary/aromatic N) is 1. The first kappa shape index (κ1) is 14.6. The molecule has 20 heavy (non-hydrogen) atoms. The van der Waals surface area contributed by atoms with E-state index in [0.717, 1.165) is 5.56 Å². The van der Waals surface area contributed by atoms with E-state index in [-0.39, 0.29) is 17.7 Å². The number of hydrogen-bond donors (Lipinski definition) is 1. The molecule has 1 aromatic carbocycles. The Labute approximate surface area is 120 Å². The van der Waals surface area contributed by atoms with E-state index < -0.39 is 11.6 Å². The number of benzene rings is 1. The van der Waals surface area contributed by atoms with Crippen LogP contribution in [0.2, 0.25) is 0 Å². The Balaban J connectivity index is 2.33. The van der Waals surface area contributed by atoms with Crippen LogP contribution in [0.15, 0.2) is 30.3 Å². The molecule has 0 saturated carbocycles. The molecule has 2 amide bonds. The van der Waals surface area contributed by atoms with E-state index in [0.29, 0.717) is 6.54 Å². The molecule has 0 aliphatic carbocycles. The zero-order valence-corrected chi connectivity index (χ0v) is 12.5. The van der Waals surface area contributed by atoms with Crippen LogP contribution < -0.4 is 5.32 Å². The van der Waals surface area contributed by atoms with Gasteiger partial charge in [0.25, 0.3) is 0 Å². The maximum atomic E-state index is 12.6. The molecular formula is C16H22N2O2. The maximum absolute atomic E-state index is 12.6. The zero-order valence-electron chi connectivity index (χ0n) is 12.5. The molecule has 1 unspecified atom stereocenters. The van der Waals surface area contributed by atoms with Gasteiger partial charge in [-0.1, -0.05) is 44.2 Å². The van der Waals surface area contributed by atoms with Crippen molar-refractivity contribution in [3.8, 4) is 0 Å².